The third-order valence-corrected chi connectivity index (χ3v) is 2.86. The lowest BCUT2D eigenvalue weighted by Gasteiger charge is -2.02. The van der Waals surface area contributed by atoms with E-state index in [4.69, 9.17) is 11.6 Å². The van der Waals surface area contributed by atoms with Crippen LogP contribution < -0.4 is 0 Å². The van der Waals surface area contributed by atoms with Gasteiger partial charge in [-0.05, 0) is 0 Å². The Morgan fingerprint density at radius 2 is 1.00 bits per heavy atom. The van der Waals surface area contributed by atoms with E-state index in [1.165, 1.54) is 0 Å². The highest BCUT2D eigenvalue weighted by atomic mass is 35.5. The molecule has 0 saturated carbocycles. The second kappa shape index (κ2) is 5.16. The maximum Gasteiger partial charge on any atom is 0.421 e. The molecule has 0 unspecified atom stereocenters. The Kier molecular flexibility index (Phi) is 3.21. The van der Waals surface area contributed by atoms with E-state index >= 15 is 0 Å². The van der Waals surface area contributed by atoms with Gasteiger partial charge < -0.3 is 0 Å². The van der Waals surface area contributed by atoms with Crippen molar-refractivity contribution in [2.75, 3.05) is 0 Å². The van der Waals surface area contributed by atoms with E-state index in [0.29, 0.717) is 16.9 Å². The summed E-state index contributed by atoms with van der Waals surface area (Å²) >= 11 is 5.12. The van der Waals surface area contributed by atoms with E-state index in [1.54, 1.807) is 0 Å². The largest absolute Gasteiger partial charge is 0.421 e. The lowest BCUT2D eigenvalue weighted by molar-refractivity contribution is -0.304. The molecule has 3 aromatic rings. The molecule has 0 aliphatic heterocycles. The minimum atomic E-state index is 0.313. The predicted molar refractivity (Wildman–Crippen MR) is 71.3 cm³/mol. The second-order valence-corrected chi connectivity index (χ2v) is 4.36. The molecule has 1 heterocycles. The van der Waals surface area contributed by atoms with Crippen molar-refractivity contribution in [2.24, 2.45) is 0 Å². The summed E-state index contributed by atoms with van der Waals surface area (Å²) in [5, 5.41) is 0.313. The van der Waals surface area contributed by atoms with Crippen LogP contribution in [-0.2, 0) is 0 Å². The van der Waals surface area contributed by atoms with Gasteiger partial charge in [0.15, 0.2) is 23.2 Å². The van der Waals surface area contributed by atoms with Crippen molar-refractivity contribution >= 4 is 0 Å². The van der Waals surface area contributed by atoms with Gasteiger partial charge in [-0.3, -0.25) is 0 Å². The monoisotopic (exact) mass is 268 g/mol. The fraction of sp³-hybridized carbons (Fsp3) is 0. The van der Waals surface area contributed by atoms with Crippen LogP contribution in [0.25, 0.3) is 22.8 Å². The summed E-state index contributed by atoms with van der Waals surface area (Å²) in [7, 11) is 0. The van der Waals surface area contributed by atoms with Gasteiger partial charge in [-0.1, -0.05) is 60.7 Å². The molecule has 0 saturated heterocycles. The average molecular weight is 269 g/mol. The molecule has 0 aliphatic rings. The molecular formula is C15H11ClN3+. The van der Waals surface area contributed by atoms with Gasteiger partial charge in [0.25, 0.3) is 0 Å². The number of aromatic nitrogens is 3. The lowest BCUT2D eigenvalue weighted by atomic mass is 10.2. The van der Waals surface area contributed by atoms with Gasteiger partial charge in [0.05, 0.1) is 0 Å². The zero-order valence-electron chi connectivity index (χ0n) is 10.0. The molecule has 1 aromatic heterocycles. The first kappa shape index (κ1) is 11.8. The molecule has 4 heteroatoms. The van der Waals surface area contributed by atoms with Crippen molar-refractivity contribution in [3.63, 3.8) is 0 Å². The molecule has 0 radical (unpaired) electrons. The maximum atomic E-state index is 5.12. The van der Waals surface area contributed by atoms with Crippen LogP contribution in [0.4, 0.5) is 0 Å². The SMILES string of the molecule is [ClH+]c1nc(-c2ccccc2)nc(-c2ccccc2)n1. The normalized spacial score (nSPS) is 10.4. The lowest BCUT2D eigenvalue weighted by Crippen LogP contribution is -1.98. The van der Waals surface area contributed by atoms with Crippen molar-refractivity contribution in [1.29, 1.82) is 0 Å². The standard InChI is InChI=1S/C15H11ClN3/c16-15-18-13(11-7-3-1-4-8-11)17-14(19-15)12-9-5-2-6-10-12/h1-10,16H/q+1. The highest BCUT2D eigenvalue weighted by Crippen LogP contribution is 2.19. The Hall–Kier alpha value is -2.26. The van der Waals surface area contributed by atoms with Crippen LogP contribution in [-0.4, -0.2) is 15.0 Å². The van der Waals surface area contributed by atoms with Gasteiger partial charge in [0.1, 0.15) is 0 Å². The molecule has 2 aromatic carbocycles. The molecule has 0 N–H and O–H groups in total. The molecule has 0 spiro atoms. The third kappa shape index (κ3) is 2.61. The van der Waals surface area contributed by atoms with E-state index in [0.717, 1.165) is 11.1 Å². The van der Waals surface area contributed by atoms with E-state index < -0.39 is 0 Å². The fourth-order valence-electron chi connectivity index (χ4n) is 1.79. The van der Waals surface area contributed by atoms with E-state index in [-0.39, 0.29) is 0 Å². The van der Waals surface area contributed by atoms with Crippen molar-refractivity contribution in [3.8, 4) is 22.8 Å². The van der Waals surface area contributed by atoms with E-state index in [9.17, 15) is 0 Å². The first-order valence-electron chi connectivity index (χ1n) is 5.87. The van der Waals surface area contributed by atoms with Gasteiger partial charge in [0, 0.05) is 11.1 Å². The number of hydrogen-bond acceptors (Lipinski definition) is 3. The Balaban J connectivity index is 2.12. The molecule has 19 heavy (non-hydrogen) atoms. The number of hydrogen-bond donors (Lipinski definition) is 0. The minimum absolute atomic E-state index is 0.313. The molecule has 3 nitrogen and oxygen atoms in total. The summed E-state index contributed by atoms with van der Waals surface area (Å²) in [4.78, 5) is 12.9. The first-order chi connectivity index (χ1) is 9.33. The van der Waals surface area contributed by atoms with Gasteiger partial charge in [-0.2, -0.15) is 9.97 Å². The summed E-state index contributed by atoms with van der Waals surface area (Å²) < 4.78 is 0. The van der Waals surface area contributed by atoms with Crippen molar-refractivity contribution in [3.05, 3.63) is 65.9 Å². The van der Waals surface area contributed by atoms with Crippen LogP contribution in [0.3, 0.4) is 0 Å². The molecule has 92 valence electrons. The molecule has 0 fully saturated rings. The number of nitrogens with zero attached hydrogens (tertiary/aromatic N) is 3. The molecule has 0 amide bonds. The quantitative estimate of drug-likeness (QED) is 0.717. The topological polar surface area (TPSA) is 38.7 Å². The zero-order chi connectivity index (χ0) is 13.1. The van der Waals surface area contributed by atoms with Crippen LogP contribution in [0, 0.1) is 11.6 Å². The molecule has 0 aliphatic carbocycles. The van der Waals surface area contributed by atoms with E-state index in [2.05, 4.69) is 15.0 Å². The van der Waals surface area contributed by atoms with Crippen molar-refractivity contribution in [2.45, 2.75) is 0 Å². The van der Waals surface area contributed by atoms with Gasteiger partial charge in [-0.15, -0.1) is 0 Å². The fourth-order valence-corrected chi connectivity index (χ4v) is 1.96. The van der Waals surface area contributed by atoms with Crippen LogP contribution >= 0.6 is 0 Å². The molecular weight excluding hydrogens is 258 g/mol. The maximum absolute atomic E-state index is 5.12. The smallest absolute Gasteiger partial charge is 0.208 e. The van der Waals surface area contributed by atoms with Crippen LogP contribution in [0.1, 0.15) is 0 Å². The summed E-state index contributed by atoms with van der Waals surface area (Å²) in [6.45, 7) is 0. The van der Waals surface area contributed by atoms with Gasteiger partial charge in [-0.25, -0.2) is 4.98 Å². The van der Waals surface area contributed by atoms with Crippen LogP contribution in [0.15, 0.2) is 60.7 Å². The summed E-state index contributed by atoms with van der Waals surface area (Å²) in [6, 6.07) is 19.5. The predicted octanol–water partition coefficient (Wildman–Crippen LogP) is 2.90. The number of benzene rings is 2. The first-order valence-corrected chi connectivity index (χ1v) is 6.28. The molecule has 0 bridgehead atoms. The Morgan fingerprint density at radius 1 is 0.579 bits per heavy atom. The number of rotatable bonds is 2. The second-order valence-electron chi connectivity index (χ2n) is 4.00. The third-order valence-electron chi connectivity index (χ3n) is 2.68. The zero-order valence-corrected chi connectivity index (χ0v) is 10.8. The molecule has 0 atom stereocenters. The Morgan fingerprint density at radius 3 is 1.42 bits per heavy atom. The summed E-state index contributed by atoms with van der Waals surface area (Å²) in [6.07, 6.45) is 0. The summed E-state index contributed by atoms with van der Waals surface area (Å²) in [5.74, 6) is 1.22. The van der Waals surface area contributed by atoms with Gasteiger partial charge >= 0.3 is 5.28 Å². The van der Waals surface area contributed by atoms with E-state index in [1.807, 2.05) is 60.7 Å². The summed E-state index contributed by atoms with van der Waals surface area (Å²) in [5.41, 5.74) is 1.88. The van der Waals surface area contributed by atoms with Crippen molar-refractivity contribution < 1.29 is 11.6 Å². The Labute approximate surface area is 116 Å². The van der Waals surface area contributed by atoms with Gasteiger partial charge in [0.2, 0.25) is 0 Å². The minimum Gasteiger partial charge on any atom is -0.208 e. The molecule has 3 rings (SSSR count). The van der Waals surface area contributed by atoms with Crippen molar-refractivity contribution in [1.82, 2.24) is 15.0 Å². The van der Waals surface area contributed by atoms with Crippen LogP contribution in [0.5, 0.6) is 0 Å². The average Bonchev–Trinajstić information content (AvgIpc) is 2.48. The highest BCUT2D eigenvalue weighted by molar-refractivity contribution is 5.60. The highest BCUT2D eigenvalue weighted by Gasteiger charge is 2.12. The van der Waals surface area contributed by atoms with Crippen LogP contribution in [0.2, 0.25) is 5.28 Å². The number of halogens is 1. The Bertz CT molecular complexity index is 627.